The van der Waals surface area contributed by atoms with Gasteiger partial charge in [0.25, 0.3) is 0 Å². The molecule has 0 bridgehead atoms. The van der Waals surface area contributed by atoms with E-state index < -0.39 is 0 Å². The molecule has 0 aromatic heterocycles. The van der Waals surface area contributed by atoms with E-state index in [9.17, 15) is 0 Å². The van der Waals surface area contributed by atoms with E-state index in [0.29, 0.717) is 0 Å². The molecule has 0 aromatic rings. The van der Waals surface area contributed by atoms with Crippen molar-refractivity contribution in [3.8, 4) is 0 Å². The molecule has 0 unspecified atom stereocenters. The van der Waals surface area contributed by atoms with Crippen molar-refractivity contribution in [3.63, 3.8) is 0 Å². The van der Waals surface area contributed by atoms with E-state index in [-0.39, 0.29) is 84.2 Å². The zero-order valence-electron chi connectivity index (χ0n) is 2.23. The van der Waals surface area contributed by atoms with E-state index in [2.05, 4.69) is 0 Å². The Morgan fingerprint density at radius 3 is 0.750 bits per heavy atom. The summed E-state index contributed by atoms with van der Waals surface area (Å²) < 4.78 is 0. The van der Waals surface area contributed by atoms with E-state index in [1.54, 1.807) is 0 Å². The van der Waals surface area contributed by atoms with Crippen LogP contribution < -0.4 is 0 Å². The summed E-state index contributed by atoms with van der Waals surface area (Å²) in [6.45, 7) is 0. The first-order valence-corrected chi connectivity index (χ1v) is 0. The molecule has 0 aliphatic carbocycles. The van der Waals surface area contributed by atoms with Gasteiger partial charge in [0, 0.05) is 0 Å². The van der Waals surface area contributed by atoms with Crippen LogP contribution >= 0.6 is 36.4 Å². The third kappa shape index (κ3) is 8.82. The van der Waals surface area contributed by atoms with Crippen LogP contribution in [0.4, 0.5) is 0 Å². The average Bonchev–Trinajstić information content (AvgIpc) is 0. The van der Waals surface area contributed by atoms with Crippen molar-refractivity contribution < 1.29 is 0 Å². The monoisotopic (exact) mass is 408 g/mol. The average molecular weight is 406 g/mol. The topological polar surface area (TPSA) is 0 Å². The fourth-order valence-electron chi connectivity index (χ4n) is 0. The van der Waals surface area contributed by atoms with Crippen LogP contribution in [0.2, 0.25) is 0 Å². The molecule has 0 fully saturated rings. The van der Waals surface area contributed by atoms with Crippen molar-refractivity contribution in [1.29, 1.82) is 0 Å². The Labute approximate surface area is 82.8 Å². The molecule has 0 N–H and O–H groups in total. The quantitative estimate of drug-likeness (QED) is 0.366. The predicted molar refractivity (Wildman–Crippen MR) is 39.8 cm³/mol. The molecule has 0 aliphatic rings. The molecule has 0 saturated carbocycles. The van der Waals surface area contributed by atoms with Crippen LogP contribution in [0.5, 0.6) is 0 Å². The van der Waals surface area contributed by atoms with Gasteiger partial charge in [0.1, 0.15) is 0 Å². The van der Waals surface area contributed by atoms with Crippen LogP contribution in [0, 0.1) is 0 Å². The van der Waals surface area contributed by atoms with Gasteiger partial charge in [-0.25, -0.2) is 0 Å². The van der Waals surface area contributed by atoms with E-state index >= 15 is 0 Å². The van der Waals surface area contributed by atoms with Crippen LogP contribution in [-0.4, -0.2) is 47.8 Å². The summed E-state index contributed by atoms with van der Waals surface area (Å²) in [5, 5.41) is 0. The standard InChI is InChI=1S/ClH.HI.2Sn.4H/h2*1H;;;;;;. The minimum absolute atomic E-state index is 0. The van der Waals surface area contributed by atoms with Gasteiger partial charge in [-0.3, -0.25) is 0 Å². The zero-order chi connectivity index (χ0) is 0. The van der Waals surface area contributed by atoms with Crippen molar-refractivity contribution in [2.45, 2.75) is 0 Å². The van der Waals surface area contributed by atoms with Crippen LogP contribution in [0.15, 0.2) is 0 Å². The van der Waals surface area contributed by atoms with Gasteiger partial charge in [-0.1, -0.05) is 0 Å². The summed E-state index contributed by atoms with van der Waals surface area (Å²) in [4.78, 5) is 0. The van der Waals surface area contributed by atoms with Crippen molar-refractivity contribution in [2.24, 2.45) is 0 Å². The molecular formula is H6ClISn2. The second-order valence-electron chi connectivity index (χ2n) is 0. The molecular weight excluding hydrogens is 400 g/mol. The predicted octanol–water partition coefficient (Wildman–Crippen LogP) is -0.793. The first-order chi connectivity index (χ1) is 0. The molecule has 0 aromatic carbocycles. The summed E-state index contributed by atoms with van der Waals surface area (Å²) in [5.74, 6) is 0. The van der Waals surface area contributed by atoms with Gasteiger partial charge in [-0.2, -0.15) is 0 Å². The molecule has 4 heteroatoms. The summed E-state index contributed by atoms with van der Waals surface area (Å²) in [6.07, 6.45) is 0. The molecule has 0 spiro atoms. The number of hydrogen-bond acceptors (Lipinski definition) is 0. The first kappa shape index (κ1) is 30.5. The van der Waals surface area contributed by atoms with Crippen molar-refractivity contribution >= 4 is 84.2 Å². The van der Waals surface area contributed by atoms with Crippen LogP contribution in [0.25, 0.3) is 0 Å². The molecule has 4 radical (unpaired) electrons. The molecule has 0 nitrogen and oxygen atoms in total. The fraction of sp³-hybridized carbons (Fsp3) is 0. The number of rotatable bonds is 0. The van der Waals surface area contributed by atoms with Gasteiger partial charge in [0.2, 0.25) is 0 Å². The molecule has 0 saturated heterocycles. The molecule has 28 valence electrons. The molecule has 0 amide bonds. The van der Waals surface area contributed by atoms with Gasteiger partial charge in [-0.15, -0.1) is 36.4 Å². The van der Waals surface area contributed by atoms with E-state index in [0.717, 1.165) is 0 Å². The van der Waals surface area contributed by atoms with Crippen LogP contribution in [0.1, 0.15) is 0 Å². The zero-order valence-corrected chi connectivity index (χ0v) is 13.5. The minimum atomic E-state index is 0. The van der Waals surface area contributed by atoms with Gasteiger partial charge in [-0.05, 0) is 0 Å². The summed E-state index contributed by atoms with van der Waals surface area (Å²) in [5.41, 5.74) is 0. The summed E-state index contributed by atoms with van der Waals surface area (Å²) >= 11 is 0. The Morgan fingerprint density at radius 2 is 0.750 bits per heavy atom. The number of hydrogen-bond donors (Lipinski definition) is 0. The Hall–Kier alpha value is 2.62. The maximum atomic E-state index is 0. The van der Waals surface area contributed by atoms with Crippen molar-refractivity contribution in [3.05, 3.63) is 0 Å². The molecule has 0 aliphatic heterocycles. The second kappa shape index (κ2) is 17.5. The SMILES string of the molecule is Cl.I.[SnH2].[SnH2]. The summed E-state index contributed by atoms with van der Waals surface area (Å²) in [6, 6.07) is 0. The van der Waals surface area contributed by atoms with Gasteiger partial charge >= 0.3 is 47.8 Å². The Balaban J connectivity index is 0. The molecule has 4 heavy (non-hydrogen) atoms. The van der Waals surface area contributed by atoms with Gasteiger partial charge in [0.15, 0.2) is 0 Å². The third-order valence-electron chi connectivity index (χ3n) is 0. The van der Waals surface area contributed by atoms with Crippen molar-refractivity contribution in [1.82, 2.24) is 0 Å². The molecule has 0 rings (SSSR count). The first-order valence-electron chi connectivity index (χ1n) is 0. The Morgan fingerprint density at radius 1 is 0.750 bits per heavy atom. The van der Waals surface area contributed by atoms with Crippen molar-refractivity contribution in [2.75, 3.05) is 0 Å². The van der Waals surface area contributed by atoms with E-state index in [1.165, 1.54) is 0 Å². The Bertz CT molecular complexity index is 6.00. The molecule has 0 atom stereocenters. The second-order valence-corrected chi connectivity index (χ2v) is 0. The van der Waals surface area contributed by atoms with Gasteiger partial charge < -0.3 is 0 Å². The van der Waals surface area contributed by atoms with E-state index in [1.807, 2.05) is 0 Å². The normalized spacial score (nSPS) is 0. The summed E-state index contributed by atoms with van der Waals surface area (Å²) in [7, 11) is 0. The maximum absolute atomic E-state index is 0. The molecule has 0 heterocycles. The third-order valence-corrected chi connectivity index (χ3v) is 0. The Kier molecular flexibility index (Phi) is 133. The van der Waals surface area contributed by atoms with Crippen LogP contribution in [-0.2, 0) is 0 Å². The van der Waals surface area contributed by atoms with Gasteiger partial charge in [0.05, 0.1) is 0 Å². The van der Waals surface area contributed by atoms with E-state index in [4.69, 9.17) is 0 Å². The number of halogens is 2. The van der Waals surface area contributed by atoms with Crippen LogP contribution in [0.3, 0.4) is 0 Å². The fourth-order valence-corrected chi connectivity index (χ4v) is 0.